The van der Waals surface area contributed by atoms with Gasteiger partial charge in [-0.3, -0.25) is 4.79 Å². The highest BCUT2D eigenvalue weighted by Crippen LogP contribution is 2.12. The number of nitrogens with one attached hydrogen (secondary N) is 1. The Balaban J connectivity index is 2.51. The van der Waals surface area contributed by atoms with E-state index >= 15 is 0 Å². The molecule has 3 nitrogen and oxygen atoms in total. The van der Waals surface area contributed by atoms with E-state index in [1.54, 1.807) is 0 Å². The number of carbonyl (C=O) groups is 2. The van der Waals surface area contributed by atoms with Crippen LogP contribution in [0.2, 0.25) is 0 Å². The third kappa shape index (κ3) is 1.35. The lowest BCUT2D eigenvalue weighted by Gasteiger charge is -2.22. The maximum absolute atomic E-state index is 10.9. The molecule has 1 heterocycles. The van der Waals surface area contributed by atoms with E-state index < -0.39 is 5.92 Å². The standard InChI is InChI=1S/C7H11NO2/c1-5-2-3-6(4-9)7(10)8-5/h4-6H,2-3H2,1H3,(H,8,10). The summed E-state index contributed by atoms with van der Waals surface area (Å²) in [6.07, 6.45) is 2.34. The first-order valence-corrected chi connectivity index (χ1v) is 3.49. The molecule has 0 saturated carbocycles. The van der Waals surface area contributed by atoms with Crippen LogP contribution in [0.4, 0.5) is 0 Å². The van der Waals surface area contributed by atoms with Gasteiger partial charge in [0, 0.05) is 6.04 Å². The third-order valence-corrected chi connectivity index (χ3v) is 1.80. The highest BCUT2D eigenvalue weighted by atomic mass is 16.2. The summed E-state index contributed by atoms with van der Waals surface area (Å²) in [6, 6.07) is 0.240. The van der Waals surface area contributed by atoms with E-state index in [0.717, 1.165) is 12.7 Å². The zero-order chi connectivity index (χ0) is 7.56. The minimum atomic E-state index is -0.392. The van der Waals surface area contributed by atoms with Gasteiger partial charge >= 0.3 is 0 Å². The van der Waals surface area contributed by atoms with E-state index in [1.807, 2.05) is 6.92 Å². The molecule has 10 heavy (non-hydrogen) atoms. The average molecular weight is 141 g/mol. The summed E-state index contributed by atoms with van der Waals surface area (Å²) in [5.41, 5.74) is 0. The number of rotatable bonds is 1. The molecule has 1 N–H and O–H groups in total. The van der Waals surface area contributed by atoms with Crippen LogP contribution in [0.25, 0.3) is 0 Å². The van der Waals surface area contributed by atoms with Gasteiger partial charge in [-0.15, -0.1) is 0 Å². The highest BCUT2D eigenvalue weighted by molar-refractivity contribution is 5.92. The van der Waals surface area contributed by atoms with Crippen molar-refractivity contribution >= 4 is 12.2 Å². The van der Waals surface area contributed by atoms with Crippen LogP contribution >= 0.6 is 0 Å². The molecule has 1 fully saturated rings. The predicted octanol–water partition coefficient (Wildman–Crippen LogP) is 0.1000. The van der Waals surface area contributed by atoms with E-state index in [0.29, 0.717) is 6.42 Å². The summed E-state index contributed by atoms with van der Waals surface area (Å²) >= 11 is 0. The minimum Gasteiger partial charge on any atom is -0.353 e. The number of hydrogen-bond acceptors (Lipinski definition) is 2. The first kappa shape index (κ1) is 7.25. The molecular weight excluding hydrogens is 130 g/mol. The topological polar surface area (TPSA) is 46.2 Å². The average Bonchev–Trinajstić information content (AvgIpc) is 1.88. The Kier molecular flexibility index (Phi) is 2.04. The molecule has 0 spiro atoms. The molecular formula is C7H11NO2. The lowest BCUT2D eigenvalue weighted by Crippen LogP contribution is -2.42. The molecule has 3 heteroatoms. The van der Waals surface area contributed by atoms with E-state index in [-0.39, 0.29) is 11.9 Å². The van der Waals surface area contributed by atoms with Crippen molar-refractivity contribution in [3.63, 3.8) is 0 Å². The van der Waals surface area contributed by atoms with E-state index in [4.69, 9.17) is 0 Å². The number of carbonyl (C=O) groups excluding carboxylic acids is 2. The van der Waals surface area contributed by atoms with Gasteiger partial charge in [0.2, 0.25) is 5.91 Å². The normalized spacial score (nSPS) is 33.1. The van der Waals surface area contributed by atoms with E-state index in [1.165, 1.54) is 0 Å². The number of aldehydes is 1. The van der Waals surface area contributed by atoms with Crippen LogP contribution in [-0.4, -0.2) is 18.2 Å². The van der Waals surface area contributed by atoms with E-state index in [9.17, 15) is 9.59 Å². The van der Waals surface area contributed by atoms with Gasteiger partial charge in [0.1, 0.15) is 6.29 Å². The Bertz CT molecular complexity index is 156. The summed E-state index contributed by atoms with van der Waals surface area (Å²) in [4.78, 5) is 21.1. The zero-order valence-electron chi connectivity index (χ0n) is 5.96. The number of amides is 1. The van der Waals surface area contributed by atoms with Crippen molar-refractivity contribution in [1.29, 1.82) is 0 Å². The zero-order valence-corrected chi connectivity index (χ0v) is 5.96. The molecule has 0 bridgehead atoms. The summed E-state index contributed by atoms with van der Waals surface area (Å²) in [7, 11) is 0. The van der Waals surface area contributed by atoms with Crippen LogP contribution in [0.15, 0.2) is 0 Å². The first-order valence-electron chi connectivity index (χ1n) is 3.49. The second-order valence-electron chi connectivity index (χ2n) is 2.73. The lowest BCUT2D eigenvalue weighted by molar-refractivity contribution is -0.131. The van der Waals surface area contributed by atoms with Crippen molar-refractivity contribution in [2.24, 2.45) is 5.92 Å². The Labute approximate surface area is 59.8 Å². The number of piperidine rings is 1. The summed E-state index contributed by atoms with van der Waals surface area (Å²) in [5, 5.41) is 2.71. The Morgan fingerprint density at radius 2 is 2.30 bits per heavy atom. The quantitative estimate of drug-likeness (QED) is 0.416. The van der Waals surface area contributed by atoms with Gasteiger partial charge in [-0.1, -0.05) is 0 Å². The fraction of sp³-hybridized carbons (Fsp3) is 0.714. The van der Waals surface area contributed by atoms with Gasteiger partial charge in [0.05, 0.1) is 5.92 Å². The second-order valence-corrected chi connectivity index (χ2v) is 2.73. The molecule has 56 valence electrons. The second kappa shape index (κ2) is 2.82. The van der Waals surface area contributed by atoms with Crippen LogP contribution in [0.1, 0.15) is 19.8 Å². The fourth-order valence-electron chi connectivity index (χ4n) is 1.11. The van der Waals surface area contributed by atoms with Crippen LogP contribution in [0.3, 0.4) is 0 Å². The molecule has 0 aromatic rings. The molecule has 0 aliphatic carbocycles. The largest absolute Gasteiger partial charge is 0.353 e. The van der Waals surface area contributed by atoms with Gasteiger partial charge < -0.3 is 10.1 Å². The van der Waals surface area contributed by atoms with Crippen molar-refractivity contribution < 1.29 is 9.59 Å². The molecule has 0 radical (unpaired) electrons. The van der Waals surface area contributed by atoms with Gasteiger partial charge in [0.15, 0.2) is 0 Å². The molecule has 2 atom stereocenters. The van der Waals surface area contributed by atoms with Crippen molar-refractivity contribution in [2.45, 2.75) is 25.8 Å². The molecule has 1 aliphatic heterocycles. The molecule has 1 rings (SSSR count). The maximum Gasteiger partial charge on any atom is 0.230 e. The number of hydrogen-bond donors (Lipinski definition) is 1. The minimum absolute atomic E-state index is 0.117. The van der Waals surface area contributed by atoms with Crippen molar-refractivity contribution in [3.05, 3.63) is 0 Å². The summed E-state index contributed by atoms with van der Waals surface area (Å²) in [5.74, 6) is -0.509. The van der Waals surface area contributed by atoms with Crippen molar-refractivity contribution in [2.75, 3.05) is 0 Å². The van der Waals surface area contributed by atoms with Crippen molar-refractivity contribution in [3.8, 4) is 0 Å². The first-order chi connectivity index (χ1) is 4.74. The smallest absolute Gasteiger partial charge is 0.230 e. The Morgan fingerprint density at radius 3 is 2.80 bits per heavy atom. The van der Waals surface area contributed by atoms with Crippen molar-refractivity contribution in [1.82, 2.24) is 5.32 Å². The Hall–Kier alpha value is -0.860. The van der Waals surface area contributed by atoms with Crippen LogP contribution in [0.5, 0.6) is 0 Å². The maximum atomic E-state index is 10.9. The molecule has 0 aromatic carbocycles. The van der Waals surface area contributed by atoms with Gasteiger partial charge in [-0.25, -0.2) is 0 Å². The predicted molar refractivity (Wildman–Crippen MR) is 36.4 cm³/mol. The molecule has 2 unspecified atom stereocenters. The highest BCUT2D eigenvalue weighted by Gasteiger charge is 2.24. The fourth-order valence-corrected chi connectivity index (χ4v) is 1.11. The summed E-state index contributed by atoms with van der Waals surface area (Å²) in [6.45, 7) is 1.94. The molecule has 0 aromatic heterocycles. The van der Waals surface area contributed by atoms with Crippen LogP contribution in [-0.2, 0) is 9.59 Å². The van der Waals surface area contributed by atoms with Gasteiger partial charge in [-0.2, -0.15) is 0 Å². The van der Waals surface area contributed by atoms with Gasteiger partial charge in [0.25, 0.3) is 0 Å². The SMILES string of the molecule is CC1CCC(C=O)C(=O)N1. The van der Waals surface area contributed by atoms with Gasteiger partial charge in [-0.05, 0) is 19.8 Å². The molecule has 1 saturated heterocycles. The molecule has 1 amide bonds. The summed E-state index contributed by atoms with van der Waals surface area (Å²) < 4.78 is 0. The van der Waals surface area contributed by atoms with Crippen LogP contribution < -0.4 is 5.32 Å². The monoisotopic (exact) mass is 141 g/mol. The lowest BCUT2D eigenvalue weighted by atomic mass is 9.96. The molecule has 1 aliphatic rings. The van der Waals surface area contributed by atoms with E-state index in [2.05, 4.69) is 5.32 Å². The van der Waals surface area contributed by atoms with Crippen LogP contribution in [0, 0.1) is 5.92 Å². The Morgan fingerprint density at radius 1 is 1.60 bits per heavy atom. The third-order valence-electron chi connectivity index (χ3n) is 1.80.